The van der Waals surface area contributed by atoms with Gasteiger partial charge in [-0.3, -0.25) is 14.9 Å². The Balaban J connectivity index is 2.01. The maximum absolute atomic E-state index is 11.6. The third-order valence-electron chi connectivity index (χ3n) is 3.44. The molecule has 0 bridgehead atoms. The van der Waals surface area contributed by atoms with Crippen LogP contribution in [0.4, 0.5) is 10.5 Å². The molecule has 1 aromatic carbocycles. The van der Waals surface area contributed by atoms with Gasteiger partial charge in [0.05, 0.1) is 0 Å². The lowest BCUT2D eigenvalue weighted by Crippen LogP contribution is -2.39. The molecule has 0 aliphatic carbocycles. The van der Waals surface area contributed by atoms with E-state index in [0.717, 1.165) is 11.3 Å². The number of hydrogen-bond acceptors (Lipinski definition) is 4. The predicted molar refractivity (Wildman–Crippen MR) is 76.2 cm³/mol. The van der Waals surface area contributed by atoms with Crippen LogP contribution < -0.4 is 15.5 Å². The van der Waals surface area contributed by atoms with Crippen molar-refractivity contribution in [3.63, 3.8) is 0 Å². The molecule has 0 radical (unpaired) electrons. The fraction of sp³-hybridized carbons (Fsp3) is 0.357. The Morgan fingerprint density at radius 3 is 2.71 bits per heavy atom. The molecule has 1 aliphatic heterocycles. The minimum Gasteiger partial charge on any atom is -0.481 e. The first-order chi connectivity index (χ1) is 10.0. The fourth-order valence-electron chi connectivity index (χ4n) is 2.40. The van der Waals surface area contributed by atoms with Gasteiger partial charge in [0.1, 0.15) is 5.92 Å². The summed E-state index contributed by atoms with van der Waals surface area (Å²) in [6, 6.07) is 6.72. The van der Waals surface area contributed by atoms with Crippen LogP contribution in [0.2, 0.25) is 0 Å². The van der Waals surface area contributed by atoms with E-state index in [9.17, 15) is 19.5 Å². The van der Waals surface area contributed by atoms with Gasteiger partial charge in [-0.2, -0.15) is 0 Å². The molecule has 1 unspecified atom stereocenters. The summed E-state index contributed by atoms with van der Waals surface area (Å²) in [7, 11) is 1.43. The van der Waals surface area contributed by atoms with Crippen molar-refractivity contribution in [1.29, 1.82) is 0 Å². The third kappa shape index (κ3) is 3.31. The minimum absolute atomic E-state index is 0.119. The molecular weight excluding hydrogens is 274 g/mol. The van der Waals surface area contributed by atoms with E-state index in [0.29, 0.717) is 13.1 Å². The van der Waals surface area contributed by atoms with Gasteiger partial charge >= 0.3 is 12.0 Å². The summed E-state index contributed by atoms with van der Waals surface area (Å²) in [5, 5.41) is 13.7. The number of rotatable bonds is 4. The minimum atomic E-state index is -0.875. The Kier molecular flexibility index (Phi) is 4.42. The fourth-order valence-corrected chi connectivity index (χ4v) is 2.40. The summed E-state index contributed by atoms with van der Waals surface area (Å²) in [6.07, 6.45) is 0.119. The third-order valence-corrected chi connectivity index (χ3v) is 3.44. The van der Waals surface area contributed by atoms with Crippen LogP contribution in [0.25, 0.3) is 0 Å². The van der Waals surface area contributed by atoms with Gasteiger partial charge in [-0.25, -0.2) is 4.79 Å². The first-order valence-corrected chi connectivity index (χ1v) is 6.61. The summed E-state index contributed by atoms with van der Waals surface area (Å²) < 4.78 is 0. The number of benzene rings is 1. The number of carbonyl (C=O) groups excluding carboxylic acids is 2. The Labute approximate surface area is 121 Å². The van der Waals surface area contributed by atoms with Gasteiger partial charge in [0.2, 0.25) is 5.91 Å². The topological polar surface area (TPSA) is 98.7 Å². The molecule has 0 fully saturated rings. The zero-order valence-corrected chi connectivity index (χ0v) is 11.6. The number of nitrogens with one attached hydrogen (secondary N) is 2. The predicted octanol–water partition coefficient (Wildman–Crippen LogP) is 0.521. The zero-order chi connectivity index (χ0) is 15.4. The number of nitrogens with zero attached hydrogens (tertiary/aromatic N) is 1. The maximum Gasteiger partial charge on any atom is 0.321 e. The van der Waals surface area contributed by atoms with Crippen molar-refractivity contribution in [2.75, 3.05) is 25.0 Å². The normalized spacial score (nSPS) is 16.2. The molecule has 0 spiro atoms. The van der Waals surface area contributed by atoms with Crippen molar-refractivity contribution in [3.8, 4) is 0 Å². The number of carboxylic acids is 1. The van der Waals surface area contributed by atoms with Gasteiger partial charge in [0.25, 0.3) is 0 Å². The number of fused-ring (bicyclic) bond motifs is 1. The summed E-state index contributed by atoms with van der Waals surface area (Å²) in [5.41, 5.74) is 1.59. The molecule has 1 atom stereocenters. The van der Waals surface area contributed by atoms with E-state index in [1.807, 2.05) is 17.0 Å². The van der Waals surface area contributed by atoms with Crippen molar-refractivity contribution in [2.45, 2.75) is 12.3 Å². The van der Waals surface area contributed by atoms with Crippen LogP contribution in [0.15, 0.2) is 24.3 Å². The SMILES string of the molecule is CNC(=O)NC(=O)CCN1CC(C(=O)O)c2ccccc21. The van der Waals surface area contributed by atoms with Crippen LogP contribution in [0.1, 0.15) is 17.9 Å². The number of aliphatic carboxylic acids is 1. The molecule has 3 N–H and O–H groups in total. The van der Waals surface area contributed by atoms with Crippen LogP contribution >= 0.6 is 0 Å². The monoisotopic (exact) mass is 291 g/mol. The van der Waals surface area contributed by atoms with E-state index in [1.165, 1.54) is 7.05 Å². The highest BCUT2D eigenvalue weighted by Crippen LogP contribution is 2.36. The molecule has 1 aromatic rings. The number of hydrogen-bond donors (Lipinski definition) is 3. The number of carbonyl (C=O) groups is 3. The molecule has 1 aliphatic rings. The number of urea groups is 1. The molecule has 0 saturated heterocycles. The van der Waals surface area contributed by atoms with Crippen molar-refractivity contribution in [3.05, 3.63) is 29.8 Å². The number of imide groups is 1. The van der Waals surface area contributed by atoms with Gasteiger partial charge in [-0.15, -0.1) is 0 Å². The van der Waals surface area contributed by atoms with Gasteiger partial charge < -0.3 is 15.3 Å². The van der Waals surface area contributed by atoms with Crippen LogP contribution in [0.3, 0.4) is 0 Å². The van der Waals surface area contributed by atoms with Crippen LogP contribution in [0.5, 0.6) is 0 Å². The molecule has 21 heavy (non-hydrogen) atoms. The maximum atomic E-state index is 11.6. The summed E-state index contributed by atoms with van der Waals surface area (Å²) in [4.78, 5) is 35.7. The molecule has 0 aromatic heterocycles. The summed E-state index contributed by atoms with van der Waals surface area (Å²) >= 11 is 0. The second kappa shape index (κ2) is 6.25. The molecule has 7 heteroatoms. The van der Waals surface area contributed by atoms with Gasteiger partial charge in [-0.1, -0.05) is 18.2 Å². The van der Waals surface area contributed by atoms with E-state index in [2.05, 4.69) is 10.6 Å². The average Bonchev–Trinajstić information content (AvgIpc) is 2.84. The highest BCUT2D eigenvalue weighted by molar-refractivity contribution is 5.94. The van der Waals surface area contributed by atoms with E-state index in [1.54, 1.807) is 12.1 Å². The first kappa shape index (κ1) is 14.8. The zero-order valence-electron chi connectivity index (χ0n) is 11.6. The second-order valence-corrected chi connectivity index (χ2v) is 4.77. The largest absolute Gasteiger partial charge is 0.481 e. The lowest BCUT2D eigenvalue weighted by atomic mass is 10.0. The van der Waals surface area contributed by atoms with E-state index in [4.69, 9.17) is 0 Å². The standard InChI is InChI=1S/C14H17N3O4/c1-15-14(21)16-12(18)6-7-17-8-10(13(19)20)9-4-2-3-5-11(9)17/h2-5,10H,6-8H2,1H3,(H,19,20)(H2,15,16,18,21). The molecule has 7 nitrogen and oxygen atoms in total. The van der Waals surface area contributed by atoms with Crippen molar-refractivity contribution >= 4 is 23.6 Å². The van der Waals surface area contributed by atoms with Crippen LogP contribution in [-0.4, -0.2) is 43.2 Å². The molecule has 1 heterocycles. The summed E-state index contributed by atoms with van der Waals surface area (Å²) in [6.45, 7) is 0.700. The smallest absolute Gasteiger partial charge is 0.321 e. The lowest BCUT2D eigenvalue weighted by molar-refractivity contribution is -0.138. The second-order valence-electron chi connectivity index (χ2n) is 4.77. The van der Waals surface area contributed by atoms with Gasteiger partial charge in [-0.05, 0) is 11.6 Å². The number of carboxylic acid groups (broad SMARTS) is 1. The average molecular weight is 291 g/mol. The molecule has 2 rings (SSSR count). The molecule has 112 valence electrons. The van der Waals surface area contributed by atoms with E-state index < -0.39 is 23.8 Å². The molecule has 3 amide bonds. The molecular formula is C14H17N3O4. The molecule has 0 saturated carbocycles. The lowest BCUT2D eigenvalue weighted by Gasteiger charge is -2.19. The van der Waals surface area contributed by atoms with E-state index >= 15 is 0 Å². The number of para-hydroxylation sites is 1. The highest BCUT2D eigenvalue weighted by Gasteiger charge is 2.33. The Bertz CT molecular complexity index is 573. The highest BCUT2D eigenvalue weighted by atomic mass is 16.4. The number of anilines is 1. The van der Waals surface area contributed by atoms with Crippen LogP contribution in [0, 0.1) is 0 Å². The first-order valence-electron chi connectivity index (χ1n) is 6.61. The van der Waals surface area contributed by atoms with E-state index in [-0.39, 0.29) is 6.42 Å². The Hall–Kier alpha value is -2.57. The van der Waals surface area contributed by atoms with Gasteiger partial charge in [0.15, 0.2) is 0 Å². The Morgan fingerprint density at radius 2 is 2.05 bits per heavy atom. The van der Waals surface area contributed by atoms with Crippen molar-refractivity contribution in [2.24, 2.45) is 0 Å². The van der Waals surface area contributed by atoms with Crippen molar-refractivity contribution in [1.82, 2.24) is 10.6 Å². The quantitative estimate of drug-likeness (QED) is 0.751. The van der Waals surface area contributed by atoms with Crippen molar-refractivity contribution < 1.29 is 19.5 Å². The van der Waals surface area contributed by atoms with Gasteiger partial charge in [0, 0.05) is 32.2 Å². The van der Waals surface area contributed by atoms with Crippen LogP contribution in [-0.2, 0) is 9.59 Å². The summed E-state index contributed by atoms with van der Waals surface area (Å²) in [5.74, 6) is -1.85. The Morgan fingerprint density at radius 1 is 1.33 bits per heavy atom. The number of amides is 3.